The monoisotopic (exact) mass is 372 g/mol. The van der Waals surface area contributed by atoms with E-state index in [4.69, 9.17) is 9.47 Å². The number of Topliss-reactive ketones (excluding diaryl/α,β-unsaturated/α-hetero) is 1. The van der Waals surface area contributed by atoms with Gasteiger partial charge < -0.3 is 20.1 Å². The highest BCUT2D eigenvalue weighted by molar-refractivity contribution is 6.19. The average molecular weight is 372 g/mol. The zero-order valence-electron chi connectivity index (χ0n) is 15.3. The molecule has 1 saturated heterocycles. The van der Waals surface area contributed by atoms with Crippen molar-refractivity contribution in [3.8, 4) is 0 Å². The van der Waals surface area contributed by atoms with E-state index in [1.165, 1.54) is 0 Å². The first-order chi connectivity index (χ1) is 13.0. The van der Waals surface area contributed by atoms with Crippen molar-refractivity contribution in [1.29, 1.82) is 0 Å². The minimum absolute atomic E-state index is 0.149. The second-order valence-electron chi connectivity index (χ2n) is 7.60. The fourth-order valence-electron chi connectivity index (χ4n) is 4.28. The fraction of sp³-hybridized carbons (Fsp3) is 0.550. The van der Waals surface area contributed by atoms with E-state index in [0.717, 1.165) is 19.4 Å². The summed E-state index contributed by atoms with van der Waals surface area (Å²) in [6, 6.07) is 6.93. The van der Waals surface area contributed by atoms with Gasteiger partial charge in [-0.1, -0.05) is 19.1 Å². The molecule has 0 aromatic heterocycles. The van der Waals surface area contributed by atoms with Crippen molar-refractivity contribution in [2.75, 3.05) is 31.7 Å². The number of anilines is 1. The smallest absolute Gasteiger partial charge is 0.229 e. The Bertz CT molecular complexity index is 773. The lowest BCUT2D eigenvalue weighted by atomic mass is 9.92. The van der Waals surface area contributed by atoms with Crippen molar-refractivity contribution in [3.05, 3.63) is 29.8 Å². The number of ketones is 1. The number of amides is 2. The van der Waals surface area contributed by atoms with Gasteiger partial charge in [-0.15, -0.1) is 0 Å². The van der Waals surface area contributed by atoms with Crippen LogP contribution in [-0.2, 0) is 19.1 Å². The van der Waals surface area contributed by atoms with Crippen LogP contribution < -0.4 is 10.6 Å². The Morgan fingerprint density at radius 3 is 2.96 bits per heavy atom. The normalized spacial score (nSPS) is 31.5. The van der Waals surface area contributed by atoms with E-state index in [2.05, 4.69) is 10.6 Å². The lowest BCUT2D eigenvalue weighted by molar-refractivity contribution is -0.125. The lowest BCUT2D eigenvalue weighted by Crippen LogP contribution is -2.32. The van der Waals surface area contributed by atoms with Gasteiger partial charge in [0.25, 0.3) is 0 Å². The molecule has 27 heavy (non-hydrogen) atoms. The molecule has 1 saturated carbocycles. The molecule has 0 radical (unpaired) electrons. The van der Waals surface area contributed by atoms with Crippen molar-refractivity contribution in [1.82, 2.24) is 5.32 Å². The zero-order valence-corrected chi connectivity index (χ0v) is 15.3. The number of hydrogen-bond donors (Lipinski definition) is 2. The summed E-state index contributed by atoms with van der Waals surface area (Å²) in [6.45, 7) is 3.74. The first-order valence-corrected chi connectivity index (χ1v) is 9.45. The third-order valence-electron chi connectivity index (χ3n) is 5.87. The molecule has 2 heterocycles. The summed E-state index contributed by atoms with van der Waals surface area (Å²) in [4.78, 5) is 38.1. The highest BCUT2D eigenvalue weighted by Gasteiger charge is 2.73. The largest absolute Gasteiger partial charge is 0.377 e. The zero-order chi connectivity index (χ0) is 19.0. The van der Waals surface area contributed by atoms with E-state index < -0.39 is 17.3 Å². The van der Waals surface area contributed by atoms with Gasteiger partial charge in [-0.25, -0.2) is 0 Å². The summed E-state index contributed by atoms with van der Waals surface area (Å²) < 4.78 is 11.0. The summed E-state index contributed by atoms with van der Waals surface area (Å²) in [6.07, 6.45) is 2.22. The highest BCUT2D eigenvalue weighted by atomic mass is 16.5. The van der Waals surface area contributed by atoms with Crippen molar-refractivity contribution in [2.24, 2.45) is 17.3 Å². The summed E-state index contributed by atoms with van der Waals surface area (Å²) in [5, 5.41) is 5.58. The van der Waals surface area contributed by atoms with Crippen LogP contribution in [0.5, 0.6) is 0 Å². The van der Waals surface area contributed by atoms with E-state index in [1.807, 2.05) is 0 Å². The van der Waals surface area contributed by atoms with Crippen molar-refractivity contribution in [2.45, 2.75) is 25.9 Å². The fourth-order valence-corrected chi connectivity index (χ4v) is 4.28. The Hall–Kier alpha value is -2.25. The van der Waals surface area contributed by atoms with Crippen LogP contribution in [0.3, 0.4) is 0 Å². The molecule has 1 aromatic rings. The van der Waals surface area contributed by atoms with Crippen LogP contribution in [0, 0.1) is 17.3 Å². The standard InChI is InChI=1S/C20H24N2O5/c1-20-15(18(24)21-8-10-26-11-12-5-4-9-27-12)16(20)19(25)22-14-7-3-2-6-13(14)17(20)23/h2-3,6-7,12,15-16H,4-5,8-11H2,1H3,(H,21,24)(H,22,25)/t12-,15-,16-,20+/m0/s1. The van der Waals surface area contributed by atoms with Gasteiger partial charge in [0.05, 0.1) is 42.3 Å². The number of nitrogens with one attached hydrogen (secondary N) is 2. The molecule has 144 valence electrons. The Kier molecular flexibility index (Phi) is 4.74. The molecular weight excluding hydrogens is 348 g/mol. The van der Waals surface area contributed by atoms with Crippen molar-refractivity contribution in [3.63, 3.8) is 0 Å². The number of carbonyl (C=O) groups is 3. The third-order valence-corrected chi connectivity index (χ3v) is 5.87. The van der Waals surface area contributed by atoms with E-state index in [-0.39, 0.29) is 23.7 Å². The number of hydrogen-bond acceptors (Lipinski definition) is 5. The van der Waals surface area contributed by atoms with Crippen molar-refractivity contribution < 1.29 is 23.9 Å². The number of para-hydroxylation sites is 1. The molecule has 2 N–H and O–H groups in total. The second kappa shape index (κ2) is 7.05. The Labute approximate surface area is 157 Å². The van der Waals surface area contributed by atoms with Gasteiger partial charge >= 0.3 is 0 Å². The van der Waals surface area contributed by atoms with Crippen LogP contribution in [0.4, 0.5) is 5.69 Å². The average Bonchev–Trinajstić information content (AvgIpc) is 3.02. The molecule has 1 aliphatic carbocycles. The minimum atomic E-state index is -0.987. The van der Waals surface area contributed by atoms with E-state index in [0.29, 0.717) is 31.0 Å². The molecule has 4 rings (SSSR count). The van der Waals surface area contributed by atoms with Crippen LogP contribution in [-0.4, -0.2) is 50.1 Å². The molecule has 0 spiro atoms. The van der Waals surface area contributed by atoms with Gasteiger partial charge in [-0.2, -0.15) is 0 Å². The molecule has 2 fully saturated rings. The van der Waals surface area contributed by atoms with Gasteiger partial charge in [0.15, 0.2) is 5.78 Å². The SMILES string of the molecule is C[C@]12C(=O)c3ccccc3NC(=O)[C@@H]1[C@H]2C(=O)NCCOC[C@@H]1CCCO1. The number of rotatable bonds is 6. The maximum atomic E-state index is 13.0. The first kappa shape index (κ1) is 18.1. The molecule has 1 aromatic carbocycles. The number of ether oxygens (including phenoxy) is 2. The predicted molar refractivity (Wildman–Crippen MR) is 97.3 cm³/mol. The number of fused-ring (bicyclic) bond motifs is 2. The first-order valence-electron chi connectivity index (χ1n) is 9.45. The van der Waals surface area contributed by atoms with Crippen LogP contribution in [0.1, 0.15) is 30.1 Å². The van der Waals surface area contributed by atoms with Gasteiger partial charge in [0.1, 0.15) is 0 Å². The van der Waals surface area contributed by atoms with Crippen LogP contribution in [0.15, 0.2) is 24.3 Å². The van der Waals surface area contributed by atoms with E-state index in [9.17, 15) is 14.4 Å². The van der Waals surface area contributed by atoms with E-state index >= 15 is 0 Å². The summed E-state index contributed by atoms with van der Waals surface area (Å²) >= 11 is 0. The molecule has 2 amide bonds. The van der Waals surface area contributed by atoms with Gasteiger partial charge in [0, 0.05) is 18.7 Å². The Balaban J connectivity index is 1.34. The predicted octanol–water partition coefficient (Wildman–Crippen LogP) is 1.39. The third kappa shape index (κ3) is 3.15. The van der Waals surface area contributed by atoms with Crippen LogP contribution >= 0.6 is 0 Å². The summed E-state index contributed by atoms with van der Waals surface area (Å²) in [5.74, 6) is -1.98. The maximum Gasteiger partial charge on any atom is 0.229 e. The van der Waals surface area contributed by atoms with E-state index in [1.54, 1.807) is 31.2 Å². The minimum Gasteiger partial charge on any atom is -0.377 e. The highest BCUT2D eigenvalue weighted by Crippen LogP contribution is 2.62. The second-order valence-corrected chi connectivity index (χ2v) is 7.60. The van der Waals surface area contributed by atoms with Crippen LogP contribution in [0.2, 0.25) is 0 Å². The quantitative estimate of drug-likeness (QED) is 0.736. The number of carbonyl (C=O) groups excluding carboxylic acids is 3. The number of benzene rings is 1. The summed E-state index contributed by atoms with van der Waals surface area (Å²) in [5.41, 5.74) is -0.00655. The Morgan fingerprint density at radius 2 is 2.19 bits per heavy atom. The van der Waals surface area contributed by atoms with Gasteiger partial charge in [-0.3, -0.25) is 14.4 Å². The maximum absolute atomic E-state index is 13.0. The topological polar surface area (TPSA) is 93.7 Å². The van der Waals surface area contributed by atoms with Gasteiger partial charge in [-0.05, 0) is 25.0 Å². The molecular formula is C20H24N2O5. The summed E-state index contributed by atoms with van der Waals surface area (Å²) in [7, 11) is 0. The lowest BCUT2D eigenvalue weighted by Gasteiger charge is -2.13. The molecule has 3 aliphatic rings. The molecule has 0 unspecified atom stereocenters. The molecule has 7 nitrogen and oxygen atoms in total. The van der Waals surface area contributed by atoms with Crippen LogP contribution in [0.25, 0.3) is 0 Å². The molecule has 7 heteroatoms. The van der Waals surface area contributed by atoms with Crippen molar-refractivity contribution >= 4 is 23.3 Å². The Morgan fingerprint density at radius 1 is 1.37 bits per heavy atom. The molecule has 4 atom stereocenters. The molecule has 2 aliphatic heterocycles. The van der Waals surface area contributed by atoms with Gasteiger partial charge in [0.2, 0.25) is 11.8 Å². The molecule has 0 bridgehead atoms.